The van der Waals surface area contributed by atoms with Crippen LogP contribution in [0, 0.1) is 13.8 Å². The monoisotopic (exact) mass is 494 g/mol. The summed E-state index contributed by atoms with van der Waals surface area (Å²) in [5.74, 6) is -0.428. The number of aryl methyl sites for hydroxylation is 2. The summed E-state index contributed by atoms with van der Waals surface area (Å²) in [5.41, 5.74) is 2.68. The van der Waals surface area contributed by atoms with Crippen molar-refractivity contribution < 1.29 is 13.2 Å². The van der Waals surface area contributed by atoms with Crippen LogP contribution in [0.15, 0.2) is 81.6 Å². The lowest BCUT2D eigenvalue weighted by atomic mass is 10.2. The van der Waals surface area contributed by atoms with Crippen molar-refractivity contribution >= 4 is 44.3 Å². The highest BCUT2D eigenvalue weighted by Gasteiger charge is 2.17. The number of carbonyl (C=O) groups is 1. The van der Waals surface area contributed by atoms with E-state index in [2.05, 4.69) is 10.3 Å². The first-order valence-corrected chi connectivity index (χ1v) is 12.8. The Kier molecular flexibility index (Phi) is 6.56. The second-order valence-corrected chi connectivity index (χ2v) is 10.2. The van der Waals surface area contributed by atoms with Crippen LogP contribution in [-0.2, 0) is 14.8 Å². The molecule has 3 aromatic carbocycles. The number of nitrogens with one attached hydrogen (secondary N) is 1. The molecule has 3 N–H and O–H groups in total. The third-order valence-electron chi connectivity index (χ3n) is 5.21. The number of primary sulfonamides is 1. The van der Waals surface area contributed by atoms with Gasteiger partial charge in [0.1, 0.15) is 0 Å². The molecule has 0 saturated heterocycles. The first-order chi connectivity index (χ1) is 16.1. The van der Waals surface area contributed by atoms with E-state index in [9.17, 15) is 18.0 Å². The van der Waals surface area contributed by atoms with Crippen LogP contribution in [0.25, 0.3) is 16.6 Å². The third-order valence-corrected chi connectivity index (χ3v) is 7.20. The number of carbonyl (C=O) groups excluding carboxylic acids is 1. The first kappa shape index (κ1) is 23.7. The number of anilines is 1. The van der Waals surface area contributed by atoms with Gasteiger partial charge in [-0.05, 0) is 55.3 Å². The molecule has 0 aliphatic rings. The van der Waals surface area contributed by atoms with Gasteiger partial charge < -0.3 is 5.32 Å². The van der Waals surface area contributed by atoms with Crippen molar-refractivity contribution in [2.45, 2.75) is 23.9 Å². The van der Waals surface area contributed by atoms with E-state index in [0.717, 1.165) is 17.3 Å². The smallest absolute Gasteiger partial charge is 0.266 e. The Hall–Kier alpha value is -3.47. The molecule has 0 aliphatic carbocycles. The van der Waals surface area contributed by atoms with Crippen molar-refractivity contribution in [3.8, 4) is 5.69 Å². The van der Waals surface area contributed by atoms with Crippen LogP contribution < -0.4 is 16.0 Å². The van der Waals surface area contributed by atoms with Gasteiger partial charge in [-0.2, -0.15) is 0 Å². The minimum atomic E-state index is -3.92. The lowest BCUT2D eigenvalue weighted by Crippen LogP contribution is -2.23. The van der Waals surface area contributed by atoms with Gasteiger partial charge in [0.25, 0.3) is 5.56 Å². The Morgan fingerprint density at radius 3 is 2.47 bits per heavy atom. The zero-order chi connectivity index (χ0) is 24.5. The largest absolute Gasteiger partial charge is 0.325 e. The molecule has 1 aromatic heterocycles. The predicted octanol–water partition coefficient (Wildman–Crippen LogP) is 3.38. The molecule has 0 spiro atoms. The molecule has 174 valence electrons. The number of nitrogens with two attached hydrogens (primary N) is 1. The van der Waals surface area contributed by atoms with Crippen LogP contribution in [0.3, 0.4) is 0 Å². The van der Waals surface area contributed by atoms with E-state index in [1.807, 2.05) is 31.2 Å². The van der Waals surface area contributed by atoms with Crippen LogP contribution in [0.1, 0.15) is 11.1 Å². The normalized spacial score (nSPS) is 11.5. The molecule has 0 radical (unpaired) electrons. The second-order valence-electron chi connectivity index (χ2n) is 7.70. The Labute approximate surface area is 200 Å². The van der Waals surface area contributed by atoms with Gasteiger partial charge in [0.15, 0.2) is 5.16 Å². The van der Waals surface area contributed by atoms with Crippen LogP contribution in [0.5, 0.6) is 0 Å². The molecule has 34 heavy (non-hydrogen) atoms. The molecular weight excluding hydrogens is 472 g/mol. The highest BCUT2D eigenvalue weighted by atomic mass is 32.2. The molecule has 4 aromatic rings. The average Bonchev–Trinajstić information content (AvgIpc) is 2.79. The standard InChI is InChI=1S/C24H22N4O4S2/c1-15-7-3-6-10-20(15)28-23(30)18-8-4-5-9-19(18)27-24(28)33-14-22(29)26-17-12-11-16(2)21(13-17)34(25,31)32/h3-13H,14H2,1-2H3,(H,26,29)(H2,25,31,32). The number of benzene rings is 3. The highest BCUT2D eigenvalue weighted by molar-refractivity contribution is 7.99. The van der Waals surface area contributed by atoms with Crippen LogP contribution in [-0.4, -0.2) is 29.6 Å². The van der Waals surface area contributed by atoms with E-state index in [1.165, 1.54) is 10.6 Å². The van der Waals surface area contributed by atoms with Crippen molar-refractivity contribution in [2.24, 2.45) is 5.14 Å². The number of fused-ring (bicyclic) bond motifs is 1. The summed E-state index contributed by atoms with van der Waals surface area (Å²) in [6.45, 7) is 3.52. The minimum absolute atomic E-state index is 0.0464. The second kappa shape index (κ2) is 9.41. The summed E-state index contributed by atoms with van der Waals surface area (Å²) in [6.07, 6.45) is 0. The van der Waals surface area contributed by atoms with Gasteiger partial charge in [0.2, 0.25) is 15.9 Å². The molecule has 1 amide bonds. The van der Waals surface area contributed by atoms with E-state index in [-0.39, 0.29) is 22.1 Å². The van der Waals surface area contributed by atoms with Gasteiger partial charge in [-0.3, -0.25) is 14.2 Å². The molecule has 0 unspecified atom stereocenters. The van der Waals surface area contributed by atoms with E-state index < -0.39 is 10.0 Å². The quantitative estimate of drug-likeness (QED) is 0.313. The summed E-state index contributed by atoms with van der Waals surface area (Å²) < 4.78 is 25.0. The maximum atomic E-state index is 13.3. The maximum Gasteiger partial charge on any atom is 0.266 e. The number of sulfonamides is 1. The summed E-state index contributed by atoms with van der Waals surface area (Å²) in [6, 6.07) is 19.0. The van der Waals surface area contributed by atoms with Crippen molar-refractivity contribution in [1.82, 2.24) is 9.55 Å². The molecule has 0 bridgehead atoms. The lowest BCUT2D eigenvalue weighted by molar-refractivity contribution is -0.113. The summed E-state index contributed by atoms with van der Waals surface area (Å²) >= 11 is 1.12. The molecule has 8 nitrogen and oxygen atoms in total. The molecule has 10 heteroatoms. The third kappa shape index (κ3) is 4.89. The van der Waals surface area contributed by atoms with Gasteiger partial charge in [0, 0.05) is 5.69 Å². The Morgan fingerprint density at radius 2 is 1.74 bits per heavy atom. The summed E-state index contributed by atoms with van der Waals surface area (Å²) in [4.78, 5) is 30.6. The number of amides is 1. The van der Waals surface area contributed by atoms with Gasteiger partial charge in [-0.25, -0.2) is 18.5 Å². The Morgan fingerprint density at radius 1 is 1.03 bits per heavy atom. The number of hydrogen-bond donors (Lipinski definition) is 2. The molecule has 0 aliphatic heterocycles. The number of para-hydroxylation sites is 2. The first-order valence-electron chi connectivity index (χ1n) is 10.3. The Balaban J connectivity index is 1.65. The summed E-state index contributed by atoms with van der Waals surface area (Å²) in [7, 11) is -3.92. The van der Waals surface area contributed by atoms with Crippen molar-refractivity contribution in [3.05, 3.63) is 88.2 Å². The number of hydrogen-bond acceptors (Lipinski definition) is 6. The summed E-state index contributed by atoms with van der Waals surface area (Å²) in [5, 5.41) is 8.79. The average molecular weight is 495 g/mol. The van der Waals surface area contributed by atoms with Gasteiger partial charge >= 0.3 is 0 Å². The zero-order valence-corrected chi connectivity index (χ0v) is 20.1. The fourth-order valence-electron chi connectivity index (χ4n) is 3.55. The molecular formula is C24H22N4O4S2. The molecule has 4 rings (SSSR count). The topological polar surface area (TPSA) is 124 Å². The number of thioether (sulfide) groups is 1. The Bertz CT molecular complexity index is 1580. The zero-order valence-electron chi connectivity index (χ0n) is 18.5. The fourth-order valence-corrected chi connectivity index (χ4v) is 5.16. The molecule has 0 atom stereocenters. The number of aromatic nitrogens is 2. The number of rotatable bonds is 6. The van der Waals surface area contributed by atoms with Crippen LogP contribution >= 0.6 is 11.8 Å². The molecule has 0 saturated carbocycles. The van der Waals surface area contributed by atoms with Crippen LogP contribution in [0.2, 0.25) is 0 Å². The predicted molar refractivity (Wildman–Crippen MR) is 134 cm³/mol. The van der Waals surface area contributed by atoms with E-state index >= 15 is 0 Å². The lowest BCUT2D eigenvalue weighted by Gasteiger charge is -2.15. The number of nitrogens with zero attached hydrogens (tertiary/aromatic N) is 2. The van der Waals surface area contributed by atoms with Crippen molar-refractivity contribution in [1.29, 1.82) is 0 Å². The molecule has 0 fully saturated rings. The SMILES string of the molecule is Cc1ccccc1-n1c(SCC(=O)Nc2ccc(C)c(S(N)(=O)=O)c2)nc2ccccc2c1=O. The van der Waals surface area contributed by atoms with E-state index in [4.69, 9.17) is 5.14 Å². The van der Waals surface area contributed by atoms with Gasteiger partial charge in [-0.15, -0.1) is 0 Å². The minimum Gasteiger partial charge on any atom is -0.325 e. The van der Waals surface area contributed by atoms with Crippen molar-refractivity contribution in [2.75, 3.05) is 11.1 Å². The molecule has 1 heterocycles. The highest BCUT2D eigenvalue weighted by Crippen LogP contribution is 2.24. The van der Waals surface area contributed by atoms with Gasteiger partial charge in [-0.1, -0.05) is 48.2 Å². The fraction of sp³-hybridized carbons (Fsp3) is 0.125. The van der Waals surface area contributed by atoms with Crippen molar-refractivity contribution in [3.63, 3.8) is 0 Å². The van der Waals surface area contributed by atoms with Crippen LogP contribution in [0.4, 0.5) is 5.69 Å². The van der Waals surface area contributed by atoms with E-state index in [1.54, 1.807) is 43.3 Å². The maximum absolute atomic E-state index is 13.3. The van der Waals surface area contributed by atoms with E-state index in [0.29, 0.717) is 33.0 Å². The van der Waals surface area contributed by atoms with Gasteiger partial charge in [0.05, 0.1) is 27.2 Å².